The lowest BCUT2D eigenvalue weighted by atomic mass is 10.1. The normalized spacial score (nSPS) is 10.3. The molecule has 0 bridgehead atoms. The van der Waals surface area contributed by atoms with Crippen molar-refractivity contribution in [1.29, 1.82) is 0 Å². The van der Waals surface area contributed by atoms with Gasteiger partial charge in [0.15, 0.2) is 0 Å². The monoisotopic (exact) mass is 402 g/mol. The molecule has 0 spiro atoms. The zero-order valence-electron chi connectivity index (χ0n) is 9.58. The van der Waals surface area contributed by atoms with E-state index in [9.17, 15) is 4.39 Å². The molecule has 0 aliphatic rings. The zero-order valence-corrected chi connectivity index (χ0v) is 13.6. The molecule has 0 amide bonds. The summed E-state index contributed by atoms with van der Waals surface area (Å²) in [6.45, 7) is 0. The molecular formula is C13H9Br2FN2S. The van der Waals surface area contributed by atoms with Gasteiger partial charge in [-0.1, -0.05) is 44.1 Å². The molecule has 0 aliphatic carbocycles. The second-order valence-electron chi connectivity index (χ2n) is 3.80. The van der Waals surface area contributed by atoms with Gasteiger partial charge in [-0.3, -0.25) is 0 Å². The highest BCUT2D eigenvalue weighted by Crippen LogP contribution is 2.28. The molecule has 19 heavy (non-hydrogen) atoms. The van der Waals surface area contributed by atoms with Crippen molar-refractivity contribution in [2.24, 2.45) is 5.73 Å². The molecular weight excluding hydrogens is 395 g/mol. The molecule has 2 aromatic rings. The second kappa shape index (κ2) is 5.98. The van der Waals surface area contributed by atoms with Crippen LogP contribution in [0.25, 0.3) is 0 Å². The van der Waals surface area contributed by atoms with Gasteiger partial charge in [-0.25, -0.2) is 4.39 Å². The number of nitrogens with two attached hydrogens (primary N) is 1. The molecule has 0 radical (unpaired) electrons. The lowest BCUT2D eigenvalue weighted by molar-refractivity contribution is 0.631. The highest BCUT2D eigenvalue weighted by atomic mass is 79.9. The molecule has 0 atom stereocenters. The van der Waals surface area contributed by atoms with Crippen molar-refractivity contribution in [3.8, 4) is 0 Å². The summed E-state index contributed by atoms with van der Waals surface area (Å²) >= 11 is 11.7. The Hall–Kier alpha value is -0.980. The number of halogens is 3. The van der Waals surface area contributed by atoms with Gasteiger partial charge in [0.25, 0.3) is 0 Å². The van der Waals surface area contributed by atoms with E-state index in [2.05, 4.69) is 37.2 Å². The Morgan fingerprint density at radius 2 is 1.63 bits per heavy atom. The number of hydrogen-bond acceptors (Lipinski definition) is 2. The molecule has 0 aromatic heterocycles. The summed E-state index contributed by atoms with van der Waals surface area (Å²) in [5.41, 5.74) is 7.33. The predicted octanol–water partition coefficient (Wildman–Crippen LogP) is 4.73. The molecule has 2 rings (SSSR count). The Balaban J connectivity index is 2.45. The smallest absolute Gasteiger partial charge is 0.146 e. The van der Waals surface area contributed by atoms with Crippen LogP contribution in [0.4, 0.5) is 15.8 Å². The van der Waals surface area contributed by atoms with Crippen LogP contribution in [-0.2, 0) is 0 Å². The molecule has 0 fully saturated rings. The summed E-state index contributed by atoms with van der Waals surface area (Å²) in [5.74, 6) is -0.350. The van der Waals surface area contributed by atoms with Crippen molar-refractivity contribution in [2.75, 3.05) is 5.32 Å². The van der Waals surface area contributed by atoms with E-state index in [1.54, 1.807) is 24.3 Å². The van der Waals surface area contributed by atoms with Gasteiger partial charge < -0.3 is 11.1 Å². The van der Waals surface area contributed by atoms with E-state index in [4.69, 9.17) is 18.0 Å². The fourth-order valence-corrected chi connectivity index (χ4v) is 2.47. The molecule has 2 nitrogen and oxygen atoms in total. The van der Waals surface area contributed by atoms with Gasteiger partial charge in [0.2, 0.25) is 0 Å². The maximum atomic E-state index is 13.7. The average Bonchev–Trinajstić information content (AvgIpc) is 2.33. The van der Waals surface area contributed by atoms with Crippen molar-refractivity contribution < 1.29 is 4.39 Å². The quantitative estimate of drug-likeness (QED) is 0.727. The Morgan fingerprint density at radius 1 is 1.05 bits per heavy atom. The number of anilines is 2. The third-order valence-electron chi connectivity index (χ3n) is 2.44. The van der Waals surface area contributed by atoms with Gasteiger partial charge in [0.1, 0.15) is 10.8 Å². The van der Waals surface area contributed by atoms with E-state index in [-0.39, 0.29) is 10.8 Å². The van der Waals surface area contributed by atoms with E-state index in [1.165, 1.54) is 6.07 Å². The van der Waals surface area contributed by atoms with Crippen molar-refractivity contribution in [2.45, 2.75) is 0 Å². The fourth-order valence-electron chi connectivity index (χ4n) is 1.57. The van der Waals surface area contributed by atoms with Crippen LogP contribution < -0.4 is 11.1 Å². The van der Waals surface area contributed by atoms with E-state index in [1.807, 2.05) is 6.07 Å². The van der Waals surface area contributed by atoms with Gasteiger partial charge in [-0.05, 0) is 36.4 Å². The van der Waals surface area contributed by atoms with Crippen LogP contribution in [0.1, 0.15) is 5.56 Å². The first-order chi connectivity index (χ1) is 8.97. The third kappa shape index (κ3) is 3.52. The summed E-state index contributed by atoms with van der Waals surface area (Å²) < 4.78 is 15.4. The molecule has 0 aliphatic heterocycles. The second-order valence-corrected chi connectivity index (χ2v) is 6.07. The SMILES string of the molecule is NC(=S)c1ccc(Br)cc1Nc1cc(Br)ccc1F. The van der Waals surface area contributed by atoms with Crippen LogP contribution in [-0.4, -0.2) is 4.99 Å². The Labute approximate surface area is 132 Å². The largest absolute Gasteiger partial charge is 0.389 e. The first kappa shape index (κ1) is 14.4. The number of hydrogen-bond donors (Lipinski definition) is 2. The lowest BCUT2D eigenvalue weighted by Gasteiger charge is -2.12. The molecule has 3 N–H and O–H groups in total. The van der Waals surface area contributed by atoms with E-state index < -0.39 is 0 Å². The third-order valence-corrected chi connectivity index (χ3v) is 3.65. The lowest BCUT2D eigenvalue weighted by Crippen LogP contribution is -2.12. The van der Waals surface area contributed by atoms with Gasteiger partial charge in [-0.2, -0.15) is 0 Å². The van der Waals surface area contributed by atoms with Crippen LogP contribution in [0.3, 0.4) is 0 Å². The summed E-state index contributed by atoms with van der Waals surface area (Å²) in [5, 5.41) is 3.00. The van der Waals surface area contributed by atoms with Gasteiger partial charge in [0, 0.05) is 20.2 Å². The fraction of sp³-hybridized carbons (Fsp3) is 0. The van der Waals surface area contributed by atoms with Crippen LogP contribution in [0, 0.1) is 5.82 Å². The molecule has 0 heterocycles. The van der Waals surface area contributed by atoms with Crippen molar-refractivity contribution in [3.05, 3.63) is 56.7 Å². The van der Waals surface area contributed by atoms with E-state index >= 15 is 0 Å². The van der Waals surface area contributed by atoms with Crippen LogP contribution in [0.2, 0.25) is 0 Å². The summed E-state index contributed by atoms with van der Waals surface area (Å²) in [7, 11) is 0. The molecule has 98 valence electrons. The summed E-state index contributed by atoms with van der Waals surface area (Å²) in [6.07, 6.45) is 0. The van der Waals surface area contributed by atoms with Crippen LogP contribution >= 0.6 is 44.1 Å². The molecule has 2 aromatic carbocycles. The minimum atomic E-state index is -0.350. The average molecular weight is 404 g/mol. The first-order valence-electron chi connectivity index (χ1n) is 5.29. The van der Waals surface area contributed by atoms with Gasteiger partial charge in [0.05, 0.1) is 5.69 Å². The van der Waals surface area contributed by atoms with Gasteiger partial charge in [-0.15, -0.1) is 0 Å². The predicted molar refractivity (Wildman–Crippen MR) is 87.4 cm³/mol. The molecule has 0 unspecified atom stereocenters. The zero-order chi connectivity index (χ0) is 14.0. The Bertz CT molecular complexity index is 647. The number of thiocarbonyl (C=S) groups is 1. The van der Waals surface area contributed by atoms with Gasteiger partial charge >= 0.3 is 0 Å². The maximum absolute atomic E-state index is 13.7. The molecule has 0 saturated heterocycles. The summed E-state index contributed by atoms with van der Waals surface area (Å²) in [6, 6.07) is 10.1. The molecule has 6 heteroatoms. The highest BCUT2D eigenvalue weighted by molar-refractivity contribution is 9.10. The maximum Gasteiger partial charge on any atom is 0.146 e. The number of rotatable bonds is 3. The number of nitrogens with one attached hydrogen (secondary N) is 1. The van der Waals surface area contributed by atoms with E-state index in [0.29, 0.717) is 16.9 Å². The Kier molecular flexibility index (Phi) is 4.54. The minimum absolute atomic E-state index is 0.255. The van der Waals surface area contributed by atoms with Crippen molar-refractivity contribution in [1.82, 2.24) is 0 Å². The summed E-state index contributed by atoms with van der Waals surface area (Å²) in [4.78, 5) is 0.255. The standard InChI is InChI=1S/C13H9Br2FN2S/c14-7-1-3-9(13(17)19)11(5-7)18-12-6-8(15)2-4-10(12)16/h1-6,18H,(H2,17,19). The topological polar surface area (TPSA) is 38.0 Å². The number of benzene rings is 2. The minimum Gasteiger partial charge on any atom is -0.389 e. The van der Waals surface area contributed by atoms with Crippen molar-refractivity contribution in [3.63, 3.8) is 0 Å². The first-order valence-corrected chi connectivity index (χ1v) is 7.28. The van der Waals surface area contributed by atoms with Crippen molar-refractivity contribution >= 4 is 60.4 Å². The van der Waals surface area contributed by atoms with Crippen LogP contribution in [0.5, 0.6) is 0 Å². The van der Waals surface area contributed by atoms with Crippen LogP contribution in [0.15, 0.2) is 45.3 Å². The van der Waals surface area contributed by atoms with E-state index in [0.717, 1.165) is 8.95 Å². The molecule has 0 saturated carbocycles. The highest BCUT2D eigenvalue weighted by Gasteiger charge is 2.09. The Morgan fingerprint density at radius 3 is 2.26 bits per heavy atom.